The lowest BCUT2D eigenvalue weighted by Crippen LogP contribution is -2.44. The van der Waals surface area contributed by atoms with E-state index in [1.807, 2.05) is 50.2 Å². The Labute approximate surface area is 252 Å². The highest BCUT2D eigenvalue weighted by Crippen LogP contribution is 2.58. The Bertz CT molecular complexity index is 1490. The molecule has 0 spiro atoms. The average molecular weight is 563 g/mol. The first-order valence-electron chi connectivity index (χ1n) is 15.3. The van der Waals surface area contributed by atoms with Crippen molar-refractivity contribution in [2.24, 2.45) is 17.8 Å². The highest BCUT2D eigenvalue weighted by atomic mass is 16.5. The molecule has 1 saturated carbocycles. The zero-order valence-electron chi connectivity index (χ0n) is 26.3. The number of para-hydroxylation sites is 2. The van der Waals surface area contributed by atoms with Gasteiger partial charge in [-0.25, -0.2) is 0 Å². The first-order valence-corrected chi connectivity index (χ1v) is 15.3. The average Bonchev–Trinajstić information content (AvgIpc) is 2.94. The van der Waals surface area contributed by atoms with E-state index in [1.165, 1.54) is 17.5 Å². The molecule has 1 fully saturated rings. The fraction of sp³-hybridized carbons (Fsp3) is 0.368. The maximum atomic E-state index is 6.85. The van der Waals surface area contributed by atoms with Crippen molar-refractivity contribution in [1.29, 1.82) is 0 Å². The Morgan fingerprint density at radius 1 is 0.667 bits per heavy atom. The number of ether oxygens (including phenoxy) is 2. The molecular weight excluding hydrogens is 516 g/mol. The Morgan fingerprint density at radius 2 is 1.14 bits per heavy atom. The van der Waals surface area contributed by atoms with Crippen molar-refractivity contribution in [2.45, 2.75) is 73.1 Å². The summed E-state index contributed by atoms with van der Waals surface area (Å²) < 4.78 is 13.7. The van der Waals surface area contributed by atoms with E-state index in [0.717, 1.165) is 69.5 Å². The van der Waals surface area contributed by atoms with Crippen LogP contribution < -0.4 is 20.9 Å². The quantitative estimate of drug-likeness (QED) is 0.220. The highest BCUT2D eigenvalue weighted by Gasteiger charge is 2.50. The van der Waals surface area contributed by atoms with Gasteiger partial charge in [0.1, 0.15) is 23.0 Å². The van der Waals surface area contributed by atoms with Crippen LogP contribution in [0.2, 0.25) is 0 Å². The van der Waals surface area contributed by atoms with Crippen molar-refractivity contribution >= 4 is 11.4 Å². The number of anilines is 2. The SMILES string of the molecule is Cc1cc(Oc2c(C)cccc2C2(c3cccc(C)c3Oc3ccc(N)c(C)c3)CC(C)CCC2C(C)C)ccc1N. The number of hydrogen-bond donors (Lipinski definition) is 2. The van der Waals surface area contributed by atoms with Gasteiger partial charge in [-0.3, -0.25) is 0 Å². The Morgan fingerprint density at radius 3 is 1.57 bits per heavy atom. The largest absolute Gasteiger partial charge is 0.457 e. The molecule has 0 heterocycles. The van der Waals surface area contributed by atoms with Crippen LogP contribution in [0.25, 0.3) is 0 Å². The molecule has 1 aliphatic rings. The maximum absolute atomic E-state index is 6.85. The third-order valence-electron chi connectivity index (χ3n) is 9.39. The molecule has 2 unspecified atom stereocenters. The van der Waals surface area contributed by atoms with E-state index in [9.17, 15) is 0 Å². The second kappa shape index (κ2) is 11.8. The number of benzene rings is 4. The minimum atomic E-state index is -0.319. The molecule has 1 aliphatic carbocycles. The molecule has 0 aromatic heterocycles. The molecule has 0 aliphatic heterocycles. The lowest BCUT2D eigenvalue weighted by molar-refractivity contribution is 0.131. The molecule has 0 bridgehead atoms. The van der Waals surface area contributed by atoms with Crippen molar-refractivity contribution in [1.82, 2.24) is 0 Å². The van der Waals surface area contributed by atoms with E-state index in [4.69, 9.17) is 20.9 Å². The van der Waals surface area contributed by atoms with Gasteiger partial charge < -0.3 is 20.9 Å². The second-order valence-electron chi connectivity index (χ2n) is 12.9. The van der Waals surface area contributed by atoms with Gasteiger partial charge in [-0.15, -0.1) is 0 Å². The first kappa shape index (κ1) is 29.6. The molecule has 220 valence electrons. The summed E-state index contributed by atoms with van der Waals surface area (Å²) in [5.41, 5.74) is 20.2. The Balaban J connectivity index is 1.77. The van der Waals surface area contributed by atoms with Gasteiger partial charge in [0, 0.05) is 27.9 Å². The van der Waals surface area contributed by atoms with Crippen LogP contribution in [-0.2, 0) is 5.41 Å². The van der Waals surface area contributed by atoms with Crippen molar-refractivity contribution in [3.8, 4) is 23.0 Å². The number of aryl methyl sites for hydroxylation is 4. The van der Waals surface area contributed by atoms with Crippen LogP contribution in [0.4, 0.5) is 11.4 Å². The molecule has 4 aromatic carbocycles. The van der Waals surface area contributed by atoms with Crippen LogP contribution >= 0.6 is 0 Å². The summed E-state index contributed by atoms with van der Waals surface area (Å²) >= 11 is 0. The van der Waals surface area contributed by atoms with Crippen LogP contribution in [0.1, 0.15) is 73.4 Å². The molecule has 2 atom stereocenters. The van der Waals surface area contributed by atoms with Crippen LogP contribution in [0.15, 0.2) is 72.8 Å². The molecule has 5 rings (SSSR count). The zero-order chi connectivity index (χ0) is 30.2. The zero-order valence-corrected chi connectivity index (χ0v) is 26.3. The summed E-state index contributed by atoms with van der Waals surface area (Å²) in [6, 6.07) is 25.1. The fourth-order valence-electron chi connectivity index (χ4n) is 7.12. The molecule has 0 amide bonds. The minimum Gasteiger partial charge on any atom is -0.457 e. The molecule has 4 N–H and O–H groups in total. The van der Waals surface area contributed by atoms with E-state index in [-0.39, 0.29) is 5.41 Å². The van der Waals surface area contributed by atoms with E-state index in [0.29, 0.717) is 17.8 Å². The van der Waals surface area contributed by atoms with Crippen LogP contribution in [0.3, 0.4) is 0 Å². The Kier molecular flexibility index (Phi) is 8.28. The van der Waals surface area contributed by atoms with Gasteiger partial charge in [-0.1, -0.05) is 63.6 Å². The lowest BCUT2D eigenvalue weighted by atomic mass is 9.53. The number of hydrogen-bond acceptors (Lipinski definition) is 4. The molecule has 0 radical (unpaired) electrons. The maximum Gasteiger partial charge on any atom is 0.134 e. The van der Waals surface area contributed by atoms with Crippen molar-refractivity contribution in [3.63, 3.8) is 0 Å². The van der Waals surface area contributed by atoms with Crippen molar-refractivity contribution in [2.75, 3.05) is 11.5 Å². The normalized spacial score (nSPS) is 18.2. The van der Waals surface area contributed by atoms with E-state index < -0.39 is 0 Å². The predicted octanol–water partition coefficient (Wildman–Crippen LogP) is 10.0. The van der Waals surface area contributed by atoms with Gasteiger partial charge in [0.15, 0.2) is 0 Å². The third-order valence-corrected chi connectivity index (χ3v) is 9.39. The summed E-state index contributed by atoms with van der Waals surface area (Å²) in [4.78, 5) is 0. The van der Waals surface area contributed by atoms with Crippen molar-refractivity contribution < 1.29 is 9.47 Å². The van der Waals surface area contributed by atoms with E-state index in [1.54, 1.807) is 0 Å². The number of nitrogen functional groups attached to an aromatic ring is 2. The van der Waals surface area contributed by atoms with Crippen LogP contribution in [-0.4, -0.2) is 0 Å². The first-order chi connectivity index (χ1) is 20.0. The van der Waals surface area contributed by atoms with Gasteiger partial charge in [0.05, 0.1) is 0 Å². The van der Waals surface area contributed by atoms with E-state index >= 15 is 0 Å². The molecule has 4 aromatic rings. The summed E-state index contributed by atoms with van der Waals surface area (Å²) in [5, 5.41) is 0. The highest BCUT2D eigenvalue weighted by molar-refractivity contribution is 5.60. The summed E-state index contributed by atoms with van der Waals surface area (Å²) in [6.07, 6.45) is 3.36. The molecule has 4 heteroatoms. The monoisotopic (exact) mass is 562 g/mol. The van der Waals surface area contributed by atoms with Crippen LogP contribution in [0.5, 0.6) is 23.0 Å². The topological polar surface area (TPSA) is 70.5 Å². The van der Waals surface area contributed by atoms with Crippen LogP contribution in [0, 0.1) is 45.4 Å². The van der Waals surface area contributed by atoms with E-state index in [2.05, 4.69) is 71.0 Å². The number of nitrogens with two attached hydrogens (primary N) is 2. The lowest BCUT2D eigenvalue weighted by Gasteiger charge is -2.50. The molecular formula is C38H46N2O2. The van der Waals surface area contributed by atoms with Gasteiger partial charge in [-0.05, 0) is 117 Å². The summed E-state index contributed by atoms with van der Waals surface area (Å²) in [5.74, 6) is 4.85. The van der Waals surface area contributed by atoms with Gasteiger partial charge in [0.25, 0.3) is 0 Å². The molecule has 4 nitrogen and oxygen atoms in total. The minimum absolute atomic E-state index is 0.319. The summed E-state index contributed by atoms with van der Waals surface area (Å²) in [6.45, 7) is 15.5. The molecule has 0 saturated heterocycles. The van der Waals surface area contributed by atoms with Gasteiger partial charge in [0.2, 0.25) is 0 Å². The summed E-state index contributed by atoms with van der Waals surface area (Å²) in [7, 11) is 0. The molecule has 42 heavy (non-hydrogen) atoms. The number of rotatable bonds is 7. The van der Waals surface area contributed by atoms with Gasteiger partial charge >= 0.3 is 0 Å². The smallest absolute Gasteiger partial charge is 0.134 e. The fourth-order valence-corrected chi connectivity index (χ4v) is 7.12. The Hall–Kier alpha value is -3.92. The predicted molar refractivity (Wildman–Crippen MR) is 176 cm³/mol. The standard InChI is InChI=1S/C38H46N2O2/c1-23(2)31-17-14-24(3)22-38(31,32-12-8-10-25(4)36(32)41-29-15-18-34(39)27(6)20-29)33-13-9-11-26(5)37(33)42-30-16-19-35(40)28(7)21-30/h8-13,15-16,18-21,23-24,31H,14,17,22,39-40H2,1-7H3. The van der Waals surface area contributed by atoms with Crippen molar-refractivity contribution in [3.05, 3.63) is 106 Å². The second-order valence-corrected chi connectivity index (χ2v) is 12.9. The third kappa shape index (κ3) is 5.47. The van der Waals surface area contributed by atoms with Gasteiger partial charge in [-0.2, -0.15) is 0 Å².